The molecule has 0 saturated heterocycles. The van der Waals surface area contributed by atoms with Crippen molar-refractivity contribution in [1.29, 1.82) is 0 Å². The van der Waals surface area contributed by atoms with Gasteiger partial charge < -0.3 is 10.1 Å². The maximum atomic E-state index is 13.5. The molecule has 100 valence electrons. The van der Waals surface area contributed by atoms with Crippen molar-refractivity contribution in [1.82, 2.24) is 0 Å². The van der Waals surface area contributed by atoms with Gasteiger partial charge in [-0.15, -0.1) is 0 Å². The molecular weight excluding hydrogens is 272 g/mol. The summed E-state index contributed by atoms with van der Waals surface area (Å²) in [5, 5.41) is 3.44. The Morgan fingerprint density at radius 1 is 1.16 bits per heavy atom. The topological polar surface area (TPSA) is 21.3 Å². The molecule has 19 heavy (non-hydrogen) atoms. The number of hydrogen-bond donors (Lipinski definition) is 1. The first kappa shape index (κ1) is 13.6. The maximum Gasteiger partial charge on any atom is 0.128 e. The minimum absolute atomic E-state index is 0.135. The van der Waals surface area contributed by atoms with E-state index in [-0.39, 0.29) is 12.1 Å². The Morgan fingerprint density at radius 2 is 1.95 bits per heavy atom. The summed E-state index contributed by atoms with van der Waals surface area (Å²) in [5.74, 6) is -0.311. The lowest BCUT2D eigenvalue weighted by molar-refractivity contribution is 0.415. The highest BCUT2D eigenvalue weighted by molar-refractivity contribution is 6.33. The SMILES string of the molecule is COc1ccc(Cl)c(NCc2cc(F)ccc2F)c1. The van der Waals surface area contributed by atoms with Crippen LogP contribution in [0.3, 0.4) is 0 Å². The fraction of sp³-hybridized carbons (Fsp3) is 0.143. The van der Waals surface area contributed by atoms with Crippen LogP contribution in [0, 0.1) is 11.6 Å². The molecule has 0 amide bonds. The summed E-state index contributed by atoms with van der Waals surface area (Å²) in [5.41, 5.74) is 0.837. The van der Waals surface area contributed by atoms with Crippen molar-refractivity contribution in [3.8, 4) is 5.75 Å². The molecule has 0 atom stereocenters. The molecule has 0 aliphatic heterocycles. The van der Waals surface area contributed by atoms with Gasteiger partial charge in [0.1, 0.15) is 17.4 Å². The fourth-order valence-electron chi connectivity index (χ4n) is 1.64. The van der Waals surface area contributed by atoms with E-state index in [4.69, 9.17) is 16.3 Å². The molecule has 2 aromatic carbocycles. The lowest BCUT2D eigenvalue weighted by Crippen LogP contribution is -2.03. The van der Waals surface area contributed by atoms with Gasteiger partial charge in [0.25, 0.3) is 0 Å². The predicted molar refractivity (Wildman–Crippen MR) is 71.7 cm³/mol. The molecule has 2 nitrogen and oxygen atoms in total. The van der Waals surface area contributed by atoms with Crippen molar-refractivity contribution in [2.24, 2.45) is 0 Å². The number of methoxy groups -OCH3 is 1. The first-order valence-electron chi connectivity index (χ1n) is 5.61. The molecule has 2 rings (SSSR count). The highest BCUT2D eigenvalue weighted by Crippen LogP contribution is 2.27. The average molecular weight is 284 g/mol. The van der Waals surface area contributed by atoms with Crippen LogP contribution in [0.4, 0.5) is 14.5 Å². The van der Waals surface area contributed by atoms with Crippen LogP contribution in [-0.4, -0.2) is 7.11 Å². The summed E-state index contributed by atoms with van der Waals surface area (Å²) in [6, 6.07) is 8.41. The highest BCUT2D eigenvalue weighted by Gasteiger charge is 2.06. The summed E-state index contributed by atoms with van der Waals surface area (Å²) in [6.45, 7) is 0.135. The summed E-state index contributed by atoms with van der Waals surface area (Å²) >= 11 is 6.00. The van der Waals surface area contributed by atoms with Gasteiger partial charge in [-0.2, -0.15) is 0 Å². The van der Waals surface area contributed by atoms with Gasteiger partial charge in [-0.1, -0.05) is 11.6 Å². The van der Waals surface area contributed by atoms with Crippen molar-refractivity contribution in [2.45, 2.75) is 6.54 Å². The van der Waals surface area contributed by atoms with Gasteiger partial charge in [-0.05, 0) is 30.3 Å². The number of halogens is 3. The first-order chi connectivity index (χ1) is 9.10. The zero-order valence-corrected chi connectivity index (χ0v) is 11.0. The number of nitrogens with one attached hydrogen (secondary N) is 1. The van der Waals surface area contributed by atoms with Gasteiger partial charge in [0, 0.05) is 18.2 Å². The van der Waals surface area contributed by atoms with E-state index in [1.54, 1.807) is 25.3 Å². The molecule has 2 aromatic rings. The van der Waals surface area contributed by atoms with E-state index in [0.29, 0.717) is 16.5 Å². The Kier molecular flexibility index (Phi) is 4.22. The number of hydrogen-bond acceptors (Lipinski definition) is 2. The van der Waals surface area contributed by atoms with Crippen LogP contribution in [0.2, 0.25) is 5.02 Å². The molecule has 5 heteroatoms. The Hall–Kier alpha value is -1.81. The third-order valence-electron chi connectivity index (χ3n) is 2.65. The lowest BCUT2D eigenvalue weighted by atomic mass is 10.2. The molecule has 0 aliphatic carbocycles. The molecule has 0 spiro atoms. The average Bonchev–Trinajstić information content (AvgIpc) is 2.41. The second-order valence-electron chi connectivity index (χ2n) is 3.94. The van der Waals surface area contributed by atoms with Crippen LogP contribution < -0.4 is 10.1 Å². The molecular formula is C14H12ClF2NO. The van der Waals surface area contributed by atoms with Gasteiger partial charge in [0.2, 0.25) is 0 Å². The third-order valence-corrected chi connectivity index (χ3v) is 2.98. The second-order valence-corrected chi connectivity index (χ2v) is 4.34. The zero-order valence-electron chi connectivity index (χ0n) is 10.2. The van der Waals surface area contributed by atoms with E-state index in [9.17, 15) is 8.78 Å². The smallest absolute Gasteiger partial charge is 0.128 e. The molecule has 1 N–H and O–H groups in total. The largest absolute Gasteiger partial charge is 0.497 e. The minimum Gasteiger partial charge on any atom is -0.497 e. The van der Waals surface area contributed by atoms with Gasteiger partial charge in [0.05, 0.1) is 17.8 Å². The van der Waals surface area contributed by atoms with Crippen LogP contribution in [0.15, 0.2) is 36.4 Å². The number of anilines is 1. The standard InChI is InChI=1S/C14H12ClF2NO/c1-19-11-3-4-12(15)14(7-11)18-8-9-6-10(16)2-5-13(9)17/h2-7,18H,8H2,1H3. The van der Waals surface area contributed by atoms with Crippen molar-refractivity contribution in [3.63, 3.8) is 0 Å². The Bertz CT molecular complexity index is 590. The van der Waals surface area contributed by atoms with E-state index in [0.717, 1.165) is 18.2 Å². The number of benzene rings is 2. The second kappa shape index (κ2) is 5.89. The monoisotopic (exact) mass is 283 g/mol. The Labute approximate surface area is 115 Å². The van der Waals surface area contributed by atoms with Gasteiger partial charge in [-0.25, -0.2) is 8.78 Å². The highest BCUT2D eigenvalue weighted by atomic mass is 35.5. The molecule has 0 unspecified atom stereocenters. The predicted octanol–water partition coefficient (Wildman–Crippen LogP) is 4.24. The van der Waals surface area contributed by atoms with Crippen LogP contribution in [0.25, 0.3) is 0 Å². The van der Waals surface area contributed by atoms with Gasteiger partial charge in [-0.3, -0.25) is 0 Å². The van der Waals surface area contributed by atoms with Crippen molar-refractivity contribution < 1.29 is 13.5 Å². The van der Waals surface area contributed by atoms with E-state index in [2.05, 4.69) is 5.32 Å². The van der Waals surface area contributed by atoms with E-state index in [1.807, 2.05) is 0 Å². The van der Waals surface area contributed by atoms with E-state index >= 15 is 0 Å². The molecule has 0 bridgehead atoms. The van der Waals surface area contributed by atoms with E-state index < -0.39 is 11.6 Å². The molecule has 0 fully saturated rings. The third kappa shape index (κ3) is 3.35. The van der Waals surface area contributed by atoms with Crippen molar-refractivity contribution in [3.05, 3.63) is 58.6 Å². The molecule has 0 aliphatic rings. The quantitative estimate of drug-likeness (QED) is 0.906. The van der Waals surface area contributed by atoms with Crippen molar-refractivity contribution >= 4 is 17.3 Å². The van der Waals surface area contributed by atoms with Gasteiger partial charge in [0.15, 0.2) is 0 Å². The molecule has 0 heterocycles. The summed E-state index contributed by atoms with van der Waals surface area (Å²) in [6.07, 6.45) is 0. The maximum absolute atomic E-state index is 13.5. The molecule has 0 aromatic heterocycles. The summed E-state index contributed by atoms with van der Waals surface area (Å²) in [4.78, 5) is 0. The lowest BCUT2D eigenvalue weighted by Gasteiger charge is -2.10. The summed E-state index contributed by atoms with van der Waals surface area (Å²) < 4.78 is 31.6. The normalized spacial score (nSPS) is 10.3. The van der Waals surface area contributed by atoms with Crippen LogP contribution >= 0.6 is 11.6 Å². The number of rotatable bonds is 4. The van der Waals surface area contributed by atoms with E-state index in [1.165, 1.54) is 0 Å². The fourth-order valence-corrected chi connectivity index (χ4v) is 1.82. The zero-order chi connectivity index (χ0) is 13.8. The Balaban J connectivity index is 2.16. The molecule has 0 radical (unpaired) electrons. The van der Waals surface area contributed by atoms with Crippen LogP contribution in [-0.2, 0) is 6.54 Å². The van der Waals surface area contributed by atoms with Crippen LogP contribution in [0.5, 0.6) is 5.75 Å². The molecule has 0 saturated carbocycles. The minimum atomic E-state index is -0.477. The van der Waals surface area contributed by atoms with Crippen LogP contribution in [0.1, 0.15) is 5.56 Å². The van der Waals surface area contributed by atoms with Crippen molar-refractivity contribution in [2.75, 3.05) is 12.4 Å². The Morgan fingerprint density at radius 3 is 2.68 bits per heavy atom. The summed E-state index contributed by atoms with van der Waals surface area (Å²) in [7, 11) is 1.54. The van der Waals surface area contributed by atoms with Gasteiger partial charge >= 0.3 is 0 Å². The number of ether oxygens (including phenoxy) is 1. The first-order valence-corrected chi connectivity index (χ1v) is 5.99.